The van der Waals surface area contributed by atoms with Crippen molar-refractivity contribution in [1.82, 2.24) is 5.43 Å². The van der Waals surface area contributed by atoms with Crippen molar-refractivity contribution < 1.29 is 9.47 Å². The summed E-state index contributed by atoms with van der Waals surface area (Å²) < 4.78 is 11.0. The fraction of sp³-hybridized carbons (Fsp3) is 0.600. The number of ether oxygens (including phenoxy) is 2. The van der Waals surface area contributed by atoms with Gasteiger partial charge in [0.25, 0.3) is 0 Å². The number of benzene rings is 1. The van der Waals surface area contributed by atoms with Crippen molar-refractivity contribution >= 4 is 0 Å². The zero-order chi connectivity index (χ0) is 14.1. The van der Waals surface area contributed by atoms with E-state index < -0.39 is 0 Å². The molecule has 108 valence electrons. The molecule has 1 rings (SSSR count). The lowest BCUT2D eigenvalue weighted by atomic mass is 9.96. The Balaban J connectivity index is 2.78. The Labute approximate surface area is 116 Å². The van der Waals surface area contributed by atoms with Gasteiger partial charge in [0.15, 0.2) is 0 Å². The molecule has 0 bridgehead atoms. The summed E-state index contributed by atoms with van der Waals surface area (Å²) in [7, 11) is 1.72. The van der Waals surface area contributed by atoms with Gasteiger partial charge in [-0.25, -0.2) is 0 Å². The molecule has 0 aliphatic heterocycles. The third kappa shape index (κ3) is 5.19. The predicted octanol–water partition coefficient (Wildman–Crippen LogP) is 2.65. The van der Waals surface area contributed by atoms with E-state index >= 15 is 0 Å². The van der Waals surface area contributed by atoms with Crippen LogP contribution >= 0.6 is 0 Å². The molecule has 1 aromatic rings. The Bertz CT molecular complexity index is 358. The Hall–Kier alpha value is -1.10. The molecule has 0 heterocycles. The maximum Gasteiger partial charge on any atom is 0.124 e. The molecule has 4 heteroatoms. The third-order valence-electron chi connectivity index (χ3n) is 3.05. The average Bonchev–Trinajstić information content (AvgIpc) is 2.43. The van der Waals surface area contributed by atoms with Gasteiger partial charge in [0.1, 0.15) is 5.75 Å². The van der Waals surface area contributed by atoms with Crippen LogP contribution in [0.1, 0.15) is 38.3 Å². The largest absolute Gasteiger partial charge is 0.493 e. The fourth-order valence-corrected chi connectivity index (χ4v) is 2.15. The molecule has 0 saturated heterocycles. The molecule has 0 aromatic heterocycles. The molecular formula is C15H26N2O2. The lowest BCUT2D eigenvalue weighted by Crippen LogP contribution is -2.30. The number of hydrazine groups is 1. The van der Waals surface area contributed by atoms with Gasteiger partial charge in [0, 0.05) is 25.3 Å². The summed E-state index contributed by atoms with van der Waals surface area (Å²) in [6, 6.07) is 8.14. The number of hydrogen-bond acceptors (Lipinski definition) is 4. The van der Waals surface area contributed by atoms with Gasteiger partial charge in [0.2, 0.25) is 0 Å². The van der Waals surface area contributed by atoms with E-state index in [2.05, 4.69) is 25.3 Å². The molecule has 0 fully saturated rings. The van der Waals surface area contributed by atoms with E-state index in [4.69, 9.17) is 15.3 Å². The summed E-state index contributed by atoms with van der Waals surface area (Å²) >= 11 is 0. The van der Waals surface area contributed by atoms with Gasteiger partial charge in [-0.2, -0.15) is 0 Å². The summed E-state index contributed by atoms with van der Waals surface area (Å²) in [4.78, 5) is 0. The minimum atomic E-state index is 0.0817. The van der Waals surface area contributed by atoms with E-state index in [1.807, 2.05) is 18.2 Å². The molecule has 0 amide bonds. The van der Waals surface area contributed by atoms with Crippen molar-refractivity contribution in [3.63, 3.8) is 0 Å². The van der Waals surface area contributed by atoms with E-state index in [1.54, 1.807) is 7.11 Å². The van der Waals surface area contributed by atoms with Crippen LogP contribution in [-0.4, -0.2) is 20.3 Å². The Morgan fingerprint density at radius 2 is 2.05 bits per heavy atom. The van der Waals surface area contributed by atoms with E-state index in [9.17, 15) is 0 Å². The minimum Gasteiger partial charge on any atom is -0.493 e. The first-order valence-electron chi connectivity index (χ1n) is 6.89. The van der Waals surface area contributed by atoms with Gasteiger partial charge in [-0.05, 0) is 24.8 Å². The first-order valence-corrected chi connectivity index (χ1v) is 6.89. The lowest BCUT2D eigenvalue weighted by molar-refractivity contribution is 0.149. The van der Waals surface area contributed by atoms with Crippen LogP contribution in [0.5, 0.6) is 5.75 Å². The highest BCUT2D eigenvalue weighted by atomic mass is 16.5. The van der Waals surface area contributed by atoms with Gasteiger partial charge in [0.05, 0.1) is 6.61 Å². The van der Waals surface area contributed by atoms with Crippen LogP contribution in [0.4, 0.5) is 0 Å². The van der Waals surface area contributed by atoms with Crippen LogP contribution in [0.3, 0.4) is 0 Å². The Morgan fingerprint density at radius 3 is 2.68 bits per heavy atom. The summed E-state index contributed by atoms with van der Waals surface area (Å²) in [5.41, 5.74) is 4.00. The van der Waals surface area contributed by atoms with Crippen LogP contribution in [0.15, 0.2) is 24.3 Å². The molecule has 0 aliphatic rings. The van der Waals surface area contributed by atoms with Crippen LogP contribution in [0, 0.1) is 5.92 Å². The molecule has 0 aliphatic carbocycles. The number of nitrogens with two attached hydrogens (primary N) is 1. The summed E-state index contributed by atoms with van der Waals surface area (Å²) in [5.74, 6) is 7.05. The molecule has 3 N–H and O–H groups in total. The Kier molecular flexibility index (Phi) is 7.48. The summed E-state index contributed by atoms with van der Waals surface area (Å²) in [5, 5.41) is 0. The van der Waals surface area contributed by atoms with Crippen LogP contribution < -0.4 is 16.0 Å². The number of para-hydroxylation sites is 1. The Morgan fingerprint density at radius 1 is 1.32 bits per heavy atom. The van der Waals surface area contributed by atoms with Gasteiger partial charge in [-0.15, -0.1) is 0 Å². The summed E-state index contributed by atoms with van der Waals surface area (Å²) in [6.45, 7) is 5.71. The molecule has 19 heavy (non-hydrogen) atoms. The van der Waals surface area contributed by atoms with Crippen molar-refractivity contribution in [2.75, 3.05) is 20.3 Å². The number of hydrogen-bond donors (Lipinski definition) is 2. The van der Waals surface area contributed by atoms with E-state index in [0.29, 0.717) is 5.92 Å². The van der Waals surface area contributed by atoms with Crippen molar-refractivity contribution in [3.05, 3.63) is 29.8 Å². The van der Waals surface area contributed by atoms with Crippen molar-refractivity contribution in [1.29, 1.82) is 0 Å². The fourth-order valence-electron chi connectivity index (χ4n) is 2.15. The highest BCUT2D eigenvalue weighted by Gasteiger charge is 2.17. The SMILES string of the molecule is CCCOc1ccccc1C(CC(C)COC)NN. The monoisotopic (exact) mass is 266 g/mol. The van der Waals surface area contributed by atoms with Crippen LogP contribution in [0.2, 0.25) is 0 Å². The van der Waals surface area contributed by atoms with E-state index in [0.717, 1.165) is 37.4 Å². The highest BCUT2D eigenvalue weighted by Crippen LogP contribution is 2.29. The maximum absolute atomic E-state index is 5.78. The molecule has 1 aromatic carbocycles. The predicted molar refractivity (Wildman–Crippen MR) is 77.9 cm³/mol. The smallest absolute Gasteiger partial charge is 0.124 e. The first kappa shape index (κ1) is 16.0. The van der Waals surface area contributed by atoms with Crippen molar-refractivity contribution in [2.24, 2.45) is 11.8 Å². The maximum atomic E-state index is 5.78. The molecule has 0 saturated carbocycles. The second-order valence-corrected chi connectivity index (χ2v) is 4.90. The molecule has 0 spiro atoms. The average molecular weight is 266 g/mol. The minimum absolute atomic E-state index is 0.0817. The van der Waals surface area contributed by atoms with Crippen LogP contribution in [0.25, 0.3) is 0 Å². The molecule has 2 atom stereocenters. The number of rotatable bonds is 9. The van der Waals surface area contributed by atoms with Crippen molar-refractivity contribution in [2.45, 2.75) is 32.7 Å². The van der Waals surface area contributed by atoms with E-state index in [-0.39, 0.29) is 6.04 Å². The van der Waals surface area contributed by atoms with Gasteiger partial charge < -0.3 is 9.47 Å². The second kappa shape index (κ2) is 8.91. The van der Waals surface area contributed by atoms with Gasteiger partial charge >= 0.3 is 0 Å². The quantitative estimate of drug-likeness (QED) is 0.533. The van der Waals surface area contributed by atoms with Gasteiger partial charge in [-0.1, -0.05) is 32.0 Å². The van der Waals surface area contributed by atoms with E-state index in [1.165, 1.54) is 0 Å². The van der Waals surface area contributed by atoms with Gasteiger partial charge in [-0.3, -0.25) is 11.3 Å². The molecular weight excluding hydrogens is 240 g/mol. The second-order valence-electron chi connectivity index (χ2n) is 4.90. The zero-order valence-electron chi connectivity index (χ0n) is 12.2. The lowest BCUT2D eigenvalue weighted by Gasteiger charge is -2.22. The summed E-state index contributed by atoms with van der Waals surface area (Å²) in [6.07, 6.45) is 1.91. The molecule has 0 radical (unpaired) electrons. The van der Waals surface area contributed by atoms with Crippen LogP contribution in [-0.2, 0) is 4.74 Å². The third-order valence-corrected chi connectivity index (χ3v) is 3.05. The normalized spacial score (nSPS) is 14.1. The zero-order valence-corrected chi connectivity index (χ0v) is 12.2. The van der Waals surface area contributed by atoms with Crippen molar-refractivity contribution in [3.8, 4) is 5.75 Å². The molecule has 4 nitrogen and oxygen atoms in total. The molecule has 2 unspecified atom stereocenters. The first-order chi connectivity index (χ1) is 9.22. The topological polar surface area (TPSA) is 56.5 Å². The highest BCUT2D eigenvalue weighted by molar-refractivity contribution is 5.35. The number of methoxy groups -OCH3 is 1. The standard InChI is InChI=1S/C15H26N2O2/c1-4-9-19-15-8-6-5-7-13(15)14(17-16)10-12(2)11-18-3/h5-8,12,14,17H,4,9-11,16H2,1-3H3. The number of nitrogens with one attached hydrogen (secondary N) is 1.